The van der Waals surface area contributed by atoms with Crippen molar-refractivity contribution in [2.24, 2.45) is 0 Å². The first-order chi connectivity index (χ1) is 7.36. The van der Waals surface area contributed by atoms with E-state index in [2.05, 4.69) is 10.3 Å². The third-order valence-electron chi connectivity index (χ3n) is 2.26. The van der Waals surface area contributed by atoms with Gasteiger partial charge in [-0.1, -0.05) is 18.2 Å². The van der Waals surface area contributed by atoms with Crippen molar-refractivity contribution < 1.29 is 4.39 Å². The molecule has 0 atom stereocenters. The molecule has 0 fully saturated rings. The van der Waals surface area contributed by atoms with Crippen LogP contribution < -0.4 is 5.32 Å². The van der Waals surface area contributed by atoms with Gasteiger partial charge in [0.15, 0.2) is 0 Å². The zero-order valence-electron chi connectivity index (χ0n) is 8.33. The molecule has 0 radical (unpaired) electrons. The summed E-state index contributed by atoms with van der Waals surface area (Å²) in [6.07, 6.45) is 3.80. The van der Waals surface area contributed by atoms with E-state index in [1.807, 2.05) is 24.5 Å². The van der Waals surface area contributed by atoms with E-state index in [1.54, 1.807) is 12.1 Å². The van der Waals surface area contributed by atoms with Crippen molar-refractivity contribution in [2.75, 3.05) is 0 Å². The van der Waals surface area contributed by atoms with Crippen LogP contribution in [0.5, 0.6) is 0 Å². The second-order valence-electron chi connectivity index (χ2n) is 3.41. The van der Waals surface area contributed by atoms with Gasteiger partial charge in [0.25, 0.3) is 0 Å². The Morgan fingerprint density at radius 2 is 2.00 bits per heavy atom. The number of hydrogen-bond acceptors (Lipinski definition) is 1. The molecule has 0 amide bonds. The normalized spacial score (nSPS) is 10.5. The van der Waals surface area contributed by atoms with Crippen LogP contribution in [0.2, 0.25) is 0 Å². The summed E-state index contributed by atoms with van der Waals surface area (Å²) in [7, 11) is 0. The molecular formula is C12H13FN2. The second kappa shape index (κ2) is 4.75. The lowest BCUT2D eigenvalue weighted by atomic mass is 10.2. The van der Waals surface area contributed by atoms with Crippen molar-refractivity contribution in [3.05, 3.63) is 59.7 Å². The zero-order chi connectivity index (χ0) is 10.5. The molecule has 0 saturated heterocycles. The van der Waals surface area contributed by atoms with Gasteiger partial charge in [-0.3, -0.25) is 0 Å². The molecule has 1 heterocycles. The molecule has 2 nitrogen and oxygen atoms in total. The summed E-state index contributed by atoms with van der Waals surface area (Å²) in [4.78, 5) is 2.98. The molecule has 0 aliphatic rings. The highest BCUT2D eigenvalue weighted by Crippen LogP contribution is 2.06. The Balaban J connectivity index is 1.86. The number of aromatic nitrogens is 1. The lowest BCUT2D eigenvalue weighted by Gasteiger charge is -2.04. The number of rotatable bonds is 4. The van der Waals surface area contributed by atoms with E-state index in [0.717, 1.165) is 6.54 Å². The van der Waals surface area contributed by atoms with E-state index in [9.17, 15) is 4.39 Å². The van der Waals surface area contributed by atoms with Crippen LogP contribution in [-0.2, 0) is 13.1 Å². The maximum Gasteiger partial charge on any atom is 0.127 e. The summed E-state index contributed by atoms with van der Waals surface area (Å²) in [6.45, 7) is 1.30. The molecule has 15 heavy (non-hydrogen) atoms. The van der Waals surface area contributed by atoms with Gasteiger partial charge in [-0.05, 0) is 17.7 Å². The summed E-state index contributed by atoms with van der Waals surface area (Å²) >= 11 is 0. The summed E-state index contributed by atoms with van der Waals surface area (Å²) in [6, 6.07) is 8.81. The highest BCUT2D eigenvalue weighted by atomic mass is 19.1. The van der Waals surface area contributed by atoms with Crippen molar-refractivity contribution in [3.63, 3.8) is 0 Å². The van der Waals surface area contributed by atoms with Gasteiger partial charge in [0.1, 0.15) is 5.82 Å². The molecule has 0 bridgehead atoms. The summed E-state index contributed by atoms with van der Waals surface area (Å²) < 4.78 is 13.2. The summed E-state index contributed by atoms with van der Waals surface area (Å²) in [5, 5.41) is 3.18. The first kappa shape index (κ1) is 9.93. The fourth-order valence-corrected chi connectivity index (χ4v) is 1.45. The van der Waals surface area contributed by atoms with Gasteiger partial charge in [-0.2, -0.15) is 0 Å². The molecule has 2 N–H and O–H groups in total. The molecule has 3 heteroatoms. The molecule has 0 aliphatic heterocycles. The SMILES string of the molecule is Fc1ccccc1CNCc1cc[nH]c1. The quantitative estimate of drug-likeness (QED) is 0.786. The van der Waals surface area contributed by atoms with E-state index in [4.69, 9.17) is 0 Å². The largest absolute Gasteiger partial charge is 0.367 e. The number of halogens is 1. The van der Waals surface area contributed by atoms with Crippen molar-refractivity contribution in [1.29, 1.82) is 0 Å². The highest BCUT2D eigenvalue weighted by molar-refractivity contribution is 5.17. The van der Waals surface area contributed by atoms with Crippen LogP contribution in [0.1, 0.15) is 11.1 Å². The minimum absolute atomic E-state index is 0.154. The minimum atomic E-state index is -0.154. The number of nitrogens with one attached hydrogen (secondary N) is 2. The molecule has 1 aromatic carbocycles. The first-order valence-electron chi connectivity index (χ1n) is 4.92. The lowest BCUT2D eigenvalue weighted by Crippen LogP contribution is -2.13. The average molecular weight is 204 g/mol. The lowest BCUT2D eigenvalue weighted by molar-refractivity contribution is 0.588. The Morgan fingerprint density at radius 3 is 2.73 bits per heavy atom. The summed E-state index contributed by atoms with van der Waals surface area (Å²) in [5.41, 5.74) is 1.87. The minimum Gasteiger partial charge on any atom is -0.367 e. The number of hydrogen-bond donors (Lipinski definition) is 2. The Bertz CT molecular complexity index is 409. The Morgan fingerprint density at radius 1 is 1.13 bits per heavy atom. The van der Waals surface area contributed by atoms with E-state index in [0.29, 0.717) is 12.1 Å². The Hall–Kier alpha value is -1.61. The van der Waals surface area contributed by atoms with E-state index in [1.165, 1.54) is 11.6 Å². The van der Waals surface area contributed by atoms with Gasteiger partial charge >= 0.3 is 0 Å². The number of H-pyrrole nitrogens is 1. The van der Waals surface area contributed by atoms with Crippen LogP contribution in [0.4, 0.5) is 4.39 Å². The molecule has 0 saturated carbocycles. The van der Waals surface area contributed by atoms with E-state index in [-0.39, 0.29) is 5.82 Å². The van der Waals surface area contributed by atoms with Crippen LogP contribution in [-0.4, -0.2) is 4.98 Å². The Kier molecular flexibility index (Phi) is 3.15. The molecule has 2 aromatic rings. The van der Waals surface area contributed by atoms with Gasteiger partial charge in [-0.25, -0.2) is 4.39 Å². The fraction of sp³-hybridized carbons (Fsp3) is 0.167. The van der Waals surface area contributed by atoms with Crippen LogP contribution in [0.15, 0.2) is 42.7 Å². The fourth-order valence-electron chi connectivity index (χ4n) is 1.45. The van der Waals surface area contributed by atoms with Gasteiger partial charge in [-0.15, -0.1) is 0 Å². The molecule has 1 aromatic heterocycles. The second-order valence-corrected chi connectivity index (χ2v) is 3.41. The summed E-state index contributed by atoms with van der Waals surface area (Å²) in [5.74, 6) is -0.154. The Labute approximate surface area is 88.1 Å². The third-order valence-corrected chi connectivity index (χ3v) is 2.26. The smallest absolute Gasteiger partial charge is 0.127 e. The third kappa shape index (κ3) is 2.67. The van der Waals surface area contributed by atoms with Crippen molar-refractivity contribution >= 4 is 0 Å². The van der Waals surface area contributed by atoms with Crippen molar-refractivity contribution in [3.8, 4) is 0 Å². The van der Waals surface area contributed by atoms with Crippen molar-refractivity contribution in [2.45, 2.75) is 13.1 Å². The molecule has 0 unspecified atom stereocenters. The van der Waals surface area contributed by atoms with Crippen LogP contribution in [0, 0.1) is 5.82 Å². The molecule has 2 rings (SSSR count). The van der Waals surface area contributed by atoms with E-state index < -0.39 is 0 Å². The van der Waals surface area contributed by atoms with Crippen LogP contribution in [0.3, 0.4) is 0 Å². The molecule has 0 spiro atoms. The van der Waals surface area contributed by atoms with Crippen LogP contribution >= 0.6 is 0 Å². The molecule has 78 valence electrons. The topological polar surface area (TPSA) is 27.8 Å². The predicted molar refractivity (Wildman–Crippen MR) is 57.7 cm³/mol. The monoisotopic (exact) mass is 204 g/mol. The van der Waals surface area contributed by atoms with Gasteiger partial charge in [0.2, 0.25) is 0 Å². The highest BCUT2D eigenvalue weighted by Gasteiger charge is 1.99. The van der Waals surface area contributed by atoms with E-state index >= 15 is 0 Å². The predicted octanol–water partition coefficient (Wildman–Crippen LogP) is 2.44. The standard InChI is InChI=1S/C12H13FN2/c13-12-4-2-1-3-11(12)9-15-8-10-5-6-14-7-10/h1-7,14-15H,8-9H2. The zero-order valence-corrected chi connectivity index (χ0v) is 8.33. The first-order valence-corrected chi connectivity index (χ1v) is 4.92. The number of benzene rings is 1. The average Bonchev–Trinajstić information content (AvgIpc) is 2.74. The maximum atomic E-state index is 13.2. The van der Waals surface area contributed by atoms with Gasteiger partial charge < -0.3 is 10.3 Å². The van der Waals surface area contributed by atoms with Crippen molar-refractivity contribution in [1.82, 2.24) is 10.3 Å². The molecule has 0 aliphatic carbocycles. The number of aromatic amines is 1. The van der Waals surface area contributed by atoms with Gasteiger partial charge in [0, 0.05) is 31.0 Å². The molecular weight excluding hydrogens is 191 g/mol. The van der Waals surface area contributed by atoms with Crippen LogP contribution in [0.25, 0.3) is 0 Å². The van der Waals surface area contributed by atoms with Gasteiger partial charge in [0.05, 0.1) is 0 Å². The maximum absolute atomic E-state index is 13.2.